The number of methoxy groups -OCH3 is 3. The van der Waals surface area contributed by atoms with E-state index in [-0.39, 0.29) is 6.61 Å². The second-order valence-electron chi connectivity index (χ2n) is 1.58. The summed E-state index contributed by atoms with van der Waals surface area (Å²) in [7, 11) is 4.48. The Morgan fingerprint density at radius 3 is 1.60 bits per heavy atom. The fourth-order valence-electron chi connectivity index (χ4n) is 0.515. The summed E-state index contributed by atoms with van der Waals surface area (Å²) in [5.74, 6) is -1.05. The van der Waals surface area contributed by atoms with E-state index in [0.29, 0.717) is 0 Å². The zero-order valence-corrected chi connectivity index (χ0v) is 7.90. The molecule has 0 radical (unpaired) electrons. The molecule has 0 spiro atoms. The first-order valence-corrected chi connectivity index (χ1v) is 3.32. The van der Waals surface area contributed by atoms with Gasteiger partial charge in [0.2, 0.25) is 0 Å². The van der Waals surface area contributed by atoms with Crippen molar-refractivity contribution in [2.45, 2.75) is 5.97 Å². The zero-order valence-electron chi connectivity index (χ0n) is 6.34. The molecule has 0 saturated heterocycles. The Labute approximate surface area is 72.7 Å². The van der Waals surface area contributed by atoms with Gasteiger partial charge in [0.1, 0.15) is 0 Å². The van der Waals surface area contributed by atoms with E-state index in [4.69, 9.17) is 17.5 Å². The predicted octanol–water partition coefficient (Wildman–Crippen LogP) is 0.0578. The summed E-state index contributed by atoms with van der Waals surface area (Å²) in [6.45, 7) is 0.247. The molecule has 0 aliphatic carbocycles. The molecule has 0 heterocycles. The fraction of sp³-hybridized carbons (Fsp3) is 1.00. The van der Waals surface area contributed by atoms with E-state index < -0.39 is 5.97 Å². The van der Waals surface area contributed by atoms with Crippen LogP contribution in [0.1, 0.15) is 0 Å². The van der Waals surface area contributed by atoms with Crippen LogP contribution in [0.3, 0.4) is 0 Å². The van der Waals surface area contributed by atoms with Crippen LogP contribution in [0.15, 0.2) is 0 Å². The van der Waals surface area contributed by atoms with Gasteiger partial charge in [-0.25, -0.2) is 0 Å². The molecular weight excluding hydrogens is 172 g/mol. The van der Waals surface area contributed by atoms with E-state index in [0.717, 1.165) is 0 Å². The van der Waals surface area contributed by atoms with Gasteiger partial charge in [-0.1, -0.05) is 0 Å². The molecule has 0 atom stereocenters. The summed E-state index contributed by atoms with van der Waals surface area (Å²) in [5, 5.41) is 0. The van der Waals surface area contributed by atoms with E-state index in [1.165, 1.54) is 21.3 Å². The van der Waals surface area contributed by atoms with Crippen LogP contribution < -0.4 is 0 Å². The van der Waals surface area contributed by atoms with Crippen LogP contribution in [0.25, 0.3) is 0 Å². The third kappa shape index (κ3) is 2.66. The van der Waals surface area contributed by atoms with Crippen LogP contribution >= 0.6 is 0 Å². The van der Waals surface area contributed by atoms with Crippen molar-refractivity contribution in [1.82, 2.24) is 0 Å². The van der Waals surface area contributed by atoms with E-state index in [1.54, 1.807) is 20.8 Å². The van der Waals surface area contributed by atoms with Crippen LogP contribution in [0.4, 0.5) is 0 Å². The maximum atomic E-state index is 4.91. The zero-order chi connectivity index (χ0) is 8.04. The molecule has 0 rings (SSSR count). The minimum atomic E-state index is -1.05. The number of rotatable bonds is 5. The second-order valence-corrected chi connectivity index (χ2v) is 2.03. The van der Waals surface area contributed by atoms with Gasteiger partial charge in [-0.2, -0.15) is 0 Å². The van der Waals surface area contributed by atoms with Crippen LogP contribution in [-0.2, 0) is 38.4 Å². The van der Waals surface area contributed by atoms with Crippen molar-refractivity contribution in [3.63, 3.8) is 0 Å². The van der Waals surface area contributed by atoms with Gasteiger partial charge >= 0.3 is 72.3 Å². The quantitative estimate of drug-likeness (QED) is 0.446. The number of ether oxygens (including phenoxy) is 3. The first-order valence-electron chi connectivity index (χ1n) is 2.68. The summed E-state index contributed by atoms with van der Waals surface area (Å²) < 4.78 is 19.5. The Hall–Kier alpha value is 0.554. The first-order chi connectivity index (χ1) is 4.74. The Morgan fingerprint density at radius 2 is 1.50 bits per heavy atom. The molecule has 0 aromatic rings. The fourth-order valence-corrected chi connectivity index (χ4v) is 0.791. The molecule has 0 saturated carbocycles. The molecule has 0 aromatic carbocycles. The Bertz CT molecular complexity index is 75.5. The van der Waals surface area contributed by atoms with E-state index in [1.807, 2.05) is 0 Å². The average Bonchev–Trinajstić information content (AvgIpc) is 2.01. The average molecular weight is 183 g/mol. The summed E-state index contributed by atoms with van der Waals surface area (Å²) >= 11 is 1.55. The van der Waals surface area contributed by atoms with E-state index >= 15 is 0 Å². The summed E-state index contributed by atoms with van der Waals surface area (Å²) in [5.41, 5.74) is 0. The van der Waals surface area contributed by atoms with Crippen molar-refractivity contribution in [2.24, 2.45) is 0 Å². The summed E-state index contributed by atoms with van der Waals surface area (Å²) in [4.78, 5) is 0. The molecule has 0 bridgehead atoms. The molecule has 0 aromatic heterocycles. The Kier molecular flexibility index (Phi) is 5.53. The SMILES string of the molecule is COC(C[O][Ti])(OC)OC. The second kappa shape index (κ2) is 5.24. The van der Waals surface area contributed by atoms with Gasteiger partial charge in [0.25, 0.3) is 0 Å². The third-order valence-electron chi connectivity index (χ3n) is 1.18. The molecule has 0 aliphatic heterocycles. The van der Waals surface area contributed by atoms with Crippen molar-refractivity contribution >= 4 is 0 Å². The molecule has 59 valence electrons. The number of hydrogen-bond acceptors (Lipinski definition) is 4. The van der Waals surface area contributed by atoms with Crippen molar-refractivity contribution in [1.29, 1.82) is 0 Å². The summed E-state index contributed by atoms with van der Waals surface area (Å²) in [6.07, 6.45) is 0. The van der Waals surface area contributed by atoms with Crippen molar-refractivity contribution in [3.05, 3.63) is 0 Å². The molecule has 0 N–H and O–H groups in total. The minimum absolute atomic E-state index is 0.247. The molecule has 0 unspecified atom stereocenters. The maximum absolute atomic E-state index is 4.91. The van der Waals surface area contributed by atoms with Gasteiger partial charge in [-0.15, -0.1) is 0 Å². The van der Waals surface area contributed by atoms with Crippen LogP contribution in [0, 0.1) is 0 Å². The van der Waals surface area contributed by atoms with Gasteiger partial charge in [0.15, 0.2) is 0 Å². The summed E-state index contributed by atoms with van der Waals surface area (Å²) in [6, 6.07) is 0. The Balaban J connectivity index is 3.87. The Morgan fingerprint density at radius 1 is 1.10 bits per heavy atom. The molecule has 10 heavy (non-hydrogen) atoms. The van der Waals surface area contributed by atoms with E-state index in [2.05, 4.69) is 0 Å². The monoisotopic (exact) mass is 183 g/mol. The molecule has 0 aliphatic rings. The van der Waals surface area contributed by atoms with Crippen LogP contribution in [0.2, 0.25) is 0 Å². The van der Waals surface area contributed by atoms with Crippen molar-refractivity contribution < 1.29 is 38.4 Å². The van der Waals surface area contributed by atoms with Gasteiger partial charge in [0, 0.05) is 0 Å². The van der Waals surface area contributed by atoms with Crippen LogP contribution in [-0.4, -0.2) is 33.9 Å². The molecule has 4 nitrogen and oxygen atoms in total. The van der Waals surface area contributed by atoms with Gasteiger partial charge in [0.05, 0.1) is 0 Å². The molecular formula is C5H11O4Ti. The van der Waals surface area contributed by atoms with Gasteiger partial charge < -0.3 is 0 Å². The van der Waals surface area contributed by atoms with Gasteiger partial charge in [-0.3, -0.25) is 0 Å². The van der Waals surface area contributed by atoms with E-state index in [9.17, 15) is 0 Å². The predicted molar refractivity (Wildman–Crippen MR) is 29.7 cm³/mol. The normalized spacial score (nSPS) is 11.8. The molecule has 0 fully saturated rings. The third-order valence-corrected chi connectivity index (χ3v) is 1.41. The standard InChI is InChI=1S/C5H11O4.Ti/c1-7-5(4-6,8-2)9-3;/h4H2,1-3H3;/q-1;+1. The number of hydrogen-bond donors (Lipinski definition) is 0. The topological polar surface area (TPSA) is 36.9 Å². The van der Waals surface area contributed by atoms with Crippen molar-refractivity contribution in [3.8, 4) is 0 Å². The van der Waals surface area contributed by atoms with Crippen LogP contribution in [0.5, 0.6) is 0 Å². The van der Waals surface area contributed by atoms with Gasteiger partial charge in [-0.05, 0) is 0 Å². The molecule has 5 heteroatoms. The first kappa shape index (κ1) is 10.6. The van der Waals surface area contributed by atoms with Crippen molar-refractivity contribution in [2.75, 3.05) is 27.9 Å². The molecule has 0 amide bonds.